The lowest BCUT2D eigenvalue weighted by atomic mass is 10.2. The molecule has 0 unspecified atom stereocenters. The number of benzene rings is 1. The maximum atomic E-state index is 6.13. The van der Waals surface area contributed by atoms with Crippen molar-refractivity contribution in [2.24, 2.45) is 11.6 Å². The van der Waals surface area contributed by atoms with Gasteiger partial charge in [0.15, 0.2) is 0 Å². The number of pyridine rings is 1. The summed E-state index contributed by atoms with van der Waals surface area (Å²) in [4.78, 5) is 12.1. The van der Waals surface area contributed by atoms with Crippen LogP contribution in [0.1, 0.15) is 11.1 Å². The van der Waals surface area contributed by atoms with E-state index < -0.39 is 0 Å². The second kappa shape index (κ2) is 7.49. The van der Waals surface area contributed by atoms with Crippen LogP contribution in [0.4, 0.5) is 11.5 Å². The molecule has 0 aliphatic heterocycles. The summed E-state index contributed by atoms with van der Waals surface area (Å²) in [6.07, 6.45) is 6.41. The van der Waals surface area contributed by atoms with E-state index in [9.17, 15) is 0 Å². The number of hydrazine groups is 1. The summed E-state index contributed by atoms with van der Waals surface area (Å²) in [7, 11) is 0. The van der Waals surface area contributed by atoms with Crippen LogP contribution in [-0.2, 0) is 0 Å². The van der Waals surface area contributed by atoms with Crippen molar-refractivity contribution in [3.8, 4) is 11.8 Å². The standard InChI is InChI=1S/C18H19N7O/c1-12-3-4-14(10-16(12)26-18-23-6-2-7-24-18)25(21)11-15(19)13-5-8-22-17(20)9-13/h2-11H,19,21H2,1H3,(H2,20,22)/b15-11-. The summed E-state index contributed by atoms with van der Waals surface area (Å²) in [6, 6.07) is 11.0. The topological polar surface area (TPSA) is 129 Å². The van der Waals surface area contributed by atoms with Crippen molar-refractivity contribution in [3.63, 3.8) is 0 Å². The third-order valence-electron chi connectivity index (χ3n) is 3.61. The lowest BCUT2D eigenvalue weighted by molar-refractivity contribution is 0.438. The Morgan fingerprint density at radius 1 is 1.08 bits per heavy atom. The minimum Gasteiger partial charge on any atom is -0.424 e. The number of hydrogen-bond donors (Lipinski definition) is 3. The number of anilines is 2. The summed E-state index contributed by atoms with van der Waals surface area (Å²) in [5, 5.41) is 1.41. The van der Waals surface area contributed by atoms with Crippen molar-refractivity contribution in [2.75, 3.05) is 10.7 Å². The molecule has 132 valence electrons. The van der Waals surface area contributed by atoms with E-state index in [2.05, 4.69) is 15.0 Å². The van der Waals surface area contributed by atoms with Crippen LogP contribution in [-0.4, -0.2) is 15.0 Å². The molecule has 0 fully saturated rings. The first kappa shape index (κ1) is 17.2. The van der Waals surface area contributed by atoms with Gasteiger partial charge in [-0.1, -0.05) is 6.07 Å². The molecule has 0 amide bonds. The number of aromatic nitrogens is 3. The highest BCUT2D eigenvalue weighted by molar-refractivity contribution is 5.68. The molecule has 3 rings (SSSR count). The maximum absolute atomic E-state index is 6.13. The number of nitrogen functional groups attached to an aromatic ring is 1. The van der Waals surface area contributed by atoms with Gasteiger partial charge in [0.2, 0.25) is 0 Å². The summed E-state index contributed by atoms with van der Waals surface area (Å²) < 4.78 is 5.72. The van der Waals surface area contributed by atoms with Gasteiger partial charge in [-0.25, -0.2) is 20.8 Å². The summed E-state index contributed by atoms with van der Waals surface area (Å²) in [6.45, 7) is 1.92. The Balaban J connectivity index is 1.84. The van der Waals surface area contributed by atoms with Crippen LogP contribution in [0.15, 0.2) is 61.2 Å². The zero-order chi connectivity index (χ0) is 18.5. The predicted molar refractivity (Wildman–Crippen MR) is 101 cm³/mol. The van der Waals surface area contributed by atoms with Gasteiger partial charge in [-0.3, -0.25) is 5.01 Å². The maximum Gasteiger partial charge on any atom is 0.321 e. The van der Waals surface area contributed by atoms with E-state index in [0.717, 1.165) is 11.1 Å². The van der Waals surface area contributed by atoms with Gasteiger partial charge in [0.1, 0.15) is 11.6 Å². The molecule has 0 aliphatic carbocycles. The number of nitrogens with zero attached hydrogens (tertiary/aromatic N) is 4. The van der Waals surface area contributed by atoms with Crippen LogP contribution in [0.3, 0.4) is 0 Å². The first-order chi connectivity index (χ1) is 12.5. The van der Waals surface area contributed by atoms with Gasteiger partial charge in [-0.2, -0.15) is 0 Å². The highest BCUT2D eigenvalue weighted by Crippen LogP contribution is 2.27. The lowest BCUT2D eigenvalue weighted by Gasteiger charge is -2.17. The Morgan fingerprint density at radius 3 is 2.58 bits per heavy atom. The van der Waals surface area contributed by atoms with Gasteiger partial charge >= 0.3 is 6.01 Å². The second-order valence-corrected chi connectivity index (χ2v) is 5.54. The fourth-order valence-corrected chi connectivity index (χ4v) is 2.22. The zero-order valence-electron chi connectivity index (χ0n) is 14.2. The van der Waals surface area contributed by atoms with Crippen molar-refractivity contribution in [2.45, 2.75) is 6.92 Å². The van der Waals surface area contributed by atoms with E-state index in [-0.39, 0.29) is 6.01 Å². The minimum atomic E-state index is 0.263. The summed E-state index contributed by atoms with van der Waals surface area (Å²) in [5.41, 5.74) is 14.6. The Kier molecular flexibility index (Phi) is 4.95. The van der Waals surface area contributed by atoms with Crippen LogP contribution in [0.25, 0.3) is 5.70 Å². The van der Waals surface area contributed by atoms with Crippen LogP contribution >= 0.6 is 0 Å². The van der Waals surface area contributed by atoms with Crippen molar-refractivity contribution in [3.05, 3.63) is 72.3 Å². The first-order valence-corrected chi connectivity index (χ1v) is 7.81. The molecule has 0 bridgehead atoms. The van der Waals surface area contributed by atoms with Gasteiger partial charge in [-0.15, -0.1) is 0 Å². The highest BCUT2D eigenvalue weighted by atomic mass is 16.5. The van der Waals surface area contributed by atoms with Crippen LogP contribution in [0.5, 0.6) is 11.8 Å². The quantitative estimate of drug-likeness (QED) is 0.472. The van der Waals surface area contributed by atoms with Crippen molar-refractivity contribution >= 4 is 17.2 Å². The predicted octanol–water partition coefficient (Wildman–Crippen LogP) is 2.19. The molecule has 2 aromatic heterocycles. The average Bonchev–Trinajstić information content (AvgIpc) is 2.64. The number of rotatable bonds is 5. The molecular formula is C18H19N7O. The molecule has 0 saturated heterocycles. The fourth-order valence-electron chi connectivity index (χ4n) is 2.22. The Bertz CT molecular complexity index is 928. The van der Waals surface area contributed by atoms with Gasteiger partial charge in [0.05, 0.1) is 11.4 Å². The van der Waals surface area contributed by atoms with E-state index in [4.69, 9.17) is 22.0 Å². The highest BCUT2D eigenvalue weighted by Gasteiger charge is 2.08. The third kappa shape index (κ3) is 4.05. The molecule has 26 heavy (non-hydrogen) atoms. The molecule has 3 aromatic rings. The number of aryl methyl sites for hydroxylation is 1. The molecule has 6 N–H and O–H groups in total. The first-order valence-electron chi connectivity index (χ1n) is 7.81. The molecule has 0 spiro atoms. The monoisotopic (exact) mass is 349 g/mol. The van der Waals surface area contributed by atoms with Crippen LogP contribution in [0.2, 0.25) is 0 Å². The number of hydrogen-bond acceptors (Lipinski definition) is 8. The molecule has 0 radical (unpaired) electrons. The van der Waals surface area contributed by atoms with Crippen LogP contribution in [0, 0.1) is 6.92 Å². The largest absolute Gasteiger partial charge is 0.424 e. The fraction of sp³-hybridized carbons (Fsp3) is 0.0556. The van der Waals surface area contributed by atoms with Crippen LogP contribution < -0.4 is 27.1 Å². The molecule has 1 aromatic carbocycles. The minimum absolute atomic E-state index is 0.263. The second-order valence-electron chi connectivity index (χ2n) is 5.54. The lowest BCUT2D eigenvalue weighted by Crippen LogP contribution is -2.25. The summed E-state index contributed by atoms with van der Waals surface area (Å²) in [5.74, 6) is 7.11. The third-order valence-corrected chi connectivity index (χ3v) is 3.61. The average molecular weight is 349 g/mol. The number of ether oxygens (including phenoxy) is 1. The normalized spacial score (nSPS) is 11.2. The SMILES string of the molecule is Cc1ccc(N(N)/C=C(\N)c2ccnc(N)c2)cc1Oc1ncccn1. The Hall–Kier alpha value is -3.65. The number of nitrogens with two attached hydrogens (primary N) is 3. The van der Waals surface area contributed by atoms with E-state index in [1.165, 1.54) is 5.01 Å². The van der Waals surface area contributed by atoms with Gasteiger partial charge in [0.25, 0.3) is 0 Å². The Morgan fingerprint density at radius 2 is 1.85 bits per heavy atom. The van der Waals surface area contributed by atoms with Crippen molar-refractivity contribution < 1.29 is 4.74 Å². The molecule has 0 saturated carbocycles. The summed E-state index contributed by atoms with van der Waals surface area (Å²) >= 11 is 0. The molecular weight excluding hydrogens is 330 g/mol. The smallest absolute Gasteiger partial charge is 0.321 e. The molecule has 2 heterocycles. The van der Waals surface area contributed by atoms with Gasteiger partial charge < -0.3 is 16.2 Å². The molecule has 8 heteroatoms. The Labute approximate surface area is 150 Å². The molecule has 0 aliphatic rings. The molecule has 8 nitrogen and oxygen atoms in total. The van der Waals surface area contributed by atoms with Gasteiger partial charge in [0, 0.05) is 36.4 Å². The van der Waals surface area contributed by atoms with E-state index in [1.807, 2.05) is 19.1 Å². The van der Waals surface area contributed by atoms with E-state index >= 15 is 0 Å². The van der Waals surface area contributed by atoms with Crippen molar-refractivity contribution in [1.82, 2.24) is 15.0 Å². The van der Waals surface area contributed by atoms with E-state index in [0.29, 0.717) is 23.0 Å². The zero-order valence-corrected chi connectivity index (χ0v) is 14.2. The van der Waals surface area contributed by atoms with Crippen molar-refractivity contribution in [1.29, 1.82) is 0 Å². The molecule has 0 atom stereocenters. The van der Waals surface area contributed by atoms with E-state index in [1.54, 1.807) is 49.1 Å². The van der Waals surface area contributed by atoms with Gasteiger partial charge in [-0.05, 0) is 36.8 Å².